The van der Waals surface area contributed by atoms with E-state index in [1.807, 2.05) is 0 Å². The number of hydrogen-bond donors (Lipinski definition) is 1. The Morgan fingerprint density at radius 1 is 1.56 bits per heavy atom. The van der Waals surface area contributed by atoms with Crippen LogP contribution >= 0.6 is 0 Å². The summed E-state index contributed by atoms with van der Waals surface area (Å²) < 4.78 is 5.15. The minimum atomic E-state index is -0.516. The van der Waals surface area contributed by atoms with Crippen molar-refractivity contribution in [2.24, 2.45) is 5.73 Å². The standard InChI is InChI=1S/C11H20N2O3/c1-11(2,3)16-9(14)7-13-6-4-5-8(12)10(13)15/h8H,4-7,12H2,1-3H3. The average molecular weight is 228 g/mol. The van der Waals surface area contributed by atoms with Gasteiger partial charge < -0.3 is 15.4 Å². The second-order valence-electron chi connectivity index (χ2n) is 5.09. The highest BCUT2D eigenvalue weighted by Crippen LogP contribution is 2.12. The van der Waals surface area contributed by atoms with Gasteiger partial charge in [0.05, 0.1) is 6.04 Å². The predicted molar refractivity (Wildman–Crippen MR) is 59.6 cm³/mol. The lowest BCUT2D eigenvalue weighted by Gasteiger charge is -2.30. The number of carbonyl (C=O) groups is 2. The first-order valence-electron chi connectivity index (χ1n) is 5.56. The molecule has 1 saturated heterocycles. The molecule has 0 bridgehead atoms. The molecular formula is C11H20N2O3. The van der Waals surface area contributed by atoms with E-state index in [0.29, 0.717) is 13.0 Å². The molecule has 1 aliphatic heterocycles. The Kier molecular flexibility index (Phi) is 3.91. The van der Waals surface area contributed by atoms with Crippen molar-refractivity contribution in [3.05, 3.63) is 0 Å². The molecule has 1 heterocycles. The topological polar surface area (TPSA) is 72.6 Å². The van der Waals surface area contributed by atoms with E-state index in [4.69, 9.17) is 10.5 Å². The fourth-order valence-electron chi connectivity index (χ4n) is 1.66. The fraction of sp³-hybridized carbons (Fsp3) is 0.818. The van der Waals surface area contributed by atoms with Crippen molar-refractivity contribution in [1.82, 2.24) is 4.90 Å². The molecule has 0 aromatic carbocycles. The summed E-state index contributed by atoms with van der Waals surface area (Å²) in [6.07, 6.45) is 1.54. The van der Waals surface area contributed by atoms with Gasteiger partial charge in [-0.15, -0.1) is 0 Å². The van der Waals surface area contributed by atoms with Crippen LogP contribution in [0.3, 0.4) is 0 Å². The number of carbonyl (C=O) groups excluding carboxylic acids is 2. The largest absolute Gasteiger partial charge is 0.459 e. The van der Waals surface area contributed by atoms with E-state index in [9.17, 15) is 9.59 Å². The summed E-state index contributed by atoms with van der Waals surface area (Å²) in [5.74, 6) is -0.535. The highest BCUT2D eigenvalue weighted by molar-refractivity contribution is 5.86. The molecule has 16 heavy (non-hydrogen) atoms. The number of amides is 1. The predicted octanol–water partition coefficient (Wildman–Crippen LogP) is 0.278. The van der Waals surface area contributed by atoms with Gasteiger partial charge in [0.1, 0.15) is 12.1 Å². The molecule has 1 rings (SSSR count). The molecule has 5 nitrogen and oxygen atoms in total. The van der Waals surface area contributed by atoms with Gasteiger partial charge in [0, 0.05) is 6.54 Å². The van der Waals surface area contributed by atoms with E-state index in [-0.39, 0.29) is 18.4 Å². The quantitative estimate of drug-likeness (QED) is 0.689. The first-order chi connectivity index (χ1) is 7.29. The normalized spacial score (nSPS) is 22.1. The van der Waals surface area contributed by atoms with Crippen molar-refractivity contribution < 1.29 is 14.3 Å². The Bertz CT molecular complexity index is 283. The molecule has 1 fully saturated rings. The van der Waals surface area contributed by atoms with E-state index in [2.05, 4.69) is 0 Å². The third-order valence-corrected chi connectivity index (χ3v) is 2.31. The van der Waals surface area contributed by atoms with Crippen LogP contribution in [0.25, 0.3) is 0 Å². The van der Waals surface area contributed by atoms with Gasteiger partial charge in [0.2, 0.25) is 5.91 Å². The molecule has 0 saturated carbocycles. The smallest absolute Gasteiger partial charge is 0.326 e. The van der Waals surface area contributed by atoms with Crippen molar-refractivity contribution in [3.63, 3.8) is 0 Å². The van der Waals surface area contributed by atoms with Gasteiger partial charge >= 0.3 is 5.97 Å². The highest BCUT2D eigenvalue weighted by atomic mass is 16.6. The molecule has 0 aromatic rings. The van der Waals surface area contributed by atoms with Crippen LogP contribution in [0.1, 0.15) is 33.6 Å². The molecule has 1 amide bonds. The number of ether oxygens (including phenoxy) is 1. The molecule has 0 aliphatic carbocycles. The molecule has 1 unspecified atom stereocenters. The van der Waals surface area contributed by atoms with Crippen LogP contribution in [-0.4, -0.2) is 41.5 Å². The van der Waals surface area contributed by atoms with Crippen molar-refractivity contribution in [3.8, 4) is 0 Å². The van der Waals surface area contributed by atoms with Gasteiger partial charge in [-0.1, -0.05) is 0 Å². The van der Waals surface area contributed by atoms with Crippen LogP contribution in [0, 0.1) is 0 Å². The Morgan fingerprint density at radius 3 is 2.75 bits per heavy atom. The summed E-state index contributed by atoms with van der Waals surface area (Å²) in [6, 6.07) is -0.462. The van der Waals surface area contributed by atoms with Gasteiger partial charge in [-0.05, 0) is 33.6 Å². The third-order valence-electron chi connectivity index (χ3n) is 2.31. The van der Waals surface area contributed by atoms with E-state index < -0.39 is 11.6 Å². The number of hydrogen-bond acceptors (Lipinski definition) is 4. The molecule has 92 valence electrons. The van der Waals surface area contributed by atoms with Gasteiger partial charge in [0.15, 0.2) is 0 Å². The fourth-order valence-corrected chi connectivity index (χ4v) is 1.66. The molecule has 0 spiro atoms. The number of esters is 1. The number of nitrogens with two attached hydrogens (primary N) is 1. The zero-order chi connectivity index (χ0) is 12.3. The second kappa shape index (κ2) is 4.82. The van der Waals surface area contributed by atoms with Crippen LogP contribution in [-0.2, 0) is 14.3 Å². The Labute approximate surface area is 95.9 Å². The van der Waals surface area contributed by atoms with E-state index >= 15 is 0 Å². The molecule has 5 heteroatoms. The minimum absolute atomic E-state index is 0.00377. The van der Waals surface area contributed by atoms with Crippen molar-refractivity contribution in [2.75, 3.05) is 13.1 Å². The molecule has 0 radical (unpaired) electrons. The lowest BCUT2D eigenvalue weighted by atomic mass is 10.1. The molecule has 2 N–H and O–H groups in total. The summed E-state index contributed by atoms with van der Waals surface area (Å²) in [6.45, 7) is 5.99. The zero-order valence-corrected chi connectivity index (χ0v) is 10.2. The van der Waals surface area contributed by atoms with Crippen LogP contribution in [0.5, 0.6) is 0 Å². The maximum atomic E-state index is 11.6. The van der Waals surface area contributed by atoms with Crippen LogP contribution in [0.2, 0.25) is 0 Å². The zero-order valence-electron chi connectivity index (χ0n) is 10.2. The molecule has 1 atom stereocenters. The van der Waals surface area contributed by atoms with Gasteiger partial charge in [-0.25, -0.2) is 0 Å². The average Bonchev–Trinajstić information content (AvgIpc) is 2.09. The number of likely N-dealkylation sites (tertiary alicyclic amines) is 1. The summed E-state index contributed by atoms with van der Waals surface area (Å²) in [4.78, 5) is 24.6. The van der Waals surface area contributed by atoms with Gasteiger partial charge in [-0.2, -0.15) is 0 Å². The first kappa shape index (κ1) is 13.0. The minimum Gasteiger partial charge on any atom is -0.459 e. The van der Waals surface area contributed by atoms with Crippen molar-refractivity contribution in [1.29, 1.82) is 0 Å². The summed E-state index contributed by atoms with van der Waals surface area (Å²) in [5.41, 5.74) is 5.11. The maximum absolute atomic E-state index is 11.6. The summed E-state index contributed by atoms with van der Waals surface area (Å²) in [7, 11) is 0. The van der Waals surface area contributed by atoms with Crippen LogP contribution in [0.4, 0.5) is 0 Å². The SMILES string of the molecule is CC(C)(C)OC(=O)CN1CCCC(N)C1=O. The number of nitrogens with zero attached hydrogens (tertiary/aromatic N) is 1. The second-order valence-corrected chi connectivity index (χ2v) is 5.09. The Hall–Kier alpha value is -1.10. The van der Waals surface area contributed by atoms with E-state index in [1.165, 1.54) is 4.90 Å². The lowest BCUT2D eigenvalue weighted by Crippen LogP contribution is -2.50. The van der Waals surface area contributed by atoms with Crippen LogP contribution < -0.4 is 5.73 Å². The summed E-state index contributed by atoms with van der Waals surface area (Å²) in [5, 5.41) is 0. The number of rotatable bonds is 2. The Morgan fingerprint density at radius 2 is 2.19 bits per heavy atom. The Balaban J connectivity index is 2.47. The van der Waals surface area contributed by atoms with Crippen molar-refractivity contribution in [2.45, 2.75) is 45.3 Å². The molecular weight excluding hydrogens is 208 g/mol. The van der Waals surface area contributed by atoms with Gasteiger partial charge in [-0.3, -0.25) is 9.59 Å². The highest BCUT2D eigenvalue weighted by Gasteiger charge is 2.28. The lowest BCUT2D eigenvalue weighted by molar-refractivity contribution is -0.159. The summed E-state index contributed by atoms with van der Waals surface area (Å²) >= 11 is 0. The van der Waals surface area contributed by atoms with E-state index in [0.717, 1.165) is 6.42 Å². The first-order valence-corrected chi connectivity index (χ1v) is 5.56. The van der Waals surface area contributed by atoms with Crippen LogP contribution in [0.15, 0.2) is 0 Å². The molecule has 0 aromatic heterocycles. The third kappa shape index (κ3) is 3.81. The number of piperidine rings is 1. The van der Waals surface area contributed by atoms with E-state index in [1.54, 1.807) is 20.8 Å². The van der Waals surface area contributed by atoms with Crippen molar-refractivity contribution >= 4 is 11.9 Å². The van der Waals surface area contributed by atoms with Gasteiger partial charge in [0.25, 0.3) is 0 Å². The monoisotopic (exact) mass is 228 g/mol. The maximum Gasteiger partial charge on any atom is 0.326 e. The molecule has 1 aliphatic rings.